The summed E-state index contributed by atoms with van der Waals surface area (Å²) in [5.74, 6) is 5.69. The third-order valence-electron chi connectivity index (χ3n) is 24.9. The predicted molar refractivity (Wildman–Crippen MR) is 526 cm³/mol. The number of fused-ring (bicyclic) bond motifs is 12. The molecule has 0 N–H and O–H groups in total. The largest absolute Gasteiger partial charge is 2.00 e. The number of hydrogen-bond donors (Lipinski definition) is 0. The van der Waals surface area contributed by atoms with Gasteiger partial charge in [-0.15, -0.1) is 73.6 Å². The molecular weight excluding hydrogens is 3000 g/mol. The summed E-state index contributed by atoms with van der Waals surface area (Å²) < 4.78 is 92.7. The summed E-state index contributed by atoms with van der Waals surface area (Å²) in [5, 5.41) is 10.4. The normalized spacial score (nSPS) is 11.3. The van der Waals surface area contributed by atoms with Gasteiger partial charge in [0.15, 0.2) is 6.20 Å². The van der Waals surface area contributed by atoms with Gasteiger partial charge in [0, 0.05) is 169 Å². The van der Waals surface area contributed by atoms with Gasteiger partial charge in [0.25, 0.3) is 0 Å². The predicted octanol–water partition coefficient (Wildman–Crippen LogP) is 20.5. The summed E-state index contributed by atoms with van der Waals surface area (Å²) in [6, 6.07) is 33.7. The average molecular weight is 3070 g/mol. The number of furan rings is 12. The van der Waals surface area contributed by atoms with E-state index in [-0.39, 0.29) is 126 Å². The van der Waals surface area contributed by atoms with Gasteiger partial charge in [0.1, 0.15) is 29.6 Å². The van der Waals surface area contributed by atoms with Crippen molar-refractivity contribution in [1.82, 2.24) is 110 Å². The first-order chi connectivity index (χ1) is 70.3. The van der Waals surface area contributed by atoms with E-state index in [0.29, 0.717) is 61.4 Å². The maximum atomic E-state index is 5.69. The second-order valence-electron chi connectivity index (χ2n) is 34.4. The minimum Gasteiger partial charge on any atom is -0.508 e. The van der Waals surface area contributed by atoms with Gasteiger partial charge in [-0.25, -0.2) is 29.6 Å². The quantitative estimate of drug-likeness (QED) is 0.0809. The van der Waals surface area contributed by atoms with Crippen molar-refractivity contribution in [1.29, 1.82) is 0 Å². The van der Waals surface area contributed by atoms with Gasteiger partial charge in [-0.1, -0.05) is 152 Å². The fourth-order valence-electron chi connectivity index (χ4n) is 17.7. The summed E-state index contributed by atoms with van der Waals surface area (Å²) in [6.07, 6.45) is 72.0. The third-order valence-corrected chi connectivity index (χ3v) is 24.9. The first kappa shape index (κ1) is 103. The maximum absolute atomic E-state index is 5.69. The average Bonchev–Trinajstić information content (AvgIpc) is 1.62. The van der Waals surface area contributed by atoms with Gasteiger partial charge in [-0.2, -0.15) is 4.68 Å². The van der Waals surface area contributed by atoms with Crippen LogP contribution in [0.2, 0.25) is 0 Å². The number of imidazole rings is 11. The molecule has 0 amide bonds. The number of benzene rings is 6. The number of aryl methyl sites for hydroxylation is 12. The molecule has 30 aromatic rings. The Morgan fingerprint density at radius 3 is 0.707 bits per heavy atom. The van der Waals surface area contributed by atoms with Crippen molar-refractivity contribution >= 4 is 132 Å². The van der Waals surface area contributed by atoms with Crippen LogP contribution in [-0.2, 0) is 211 Å². The maximum Gasteiger partial charge on any atom is 2.00 e. The van der Waals surface area contributed by atoms with E-state index in [1.165, 1.54) is 0 Å². The molecule has 0 aliphatic heterocycles. The van der Waals surface area contributed by atoms with E-state index < -0.39 is 0 Å². The van der Waals surface area contributed by atoms with E-state index in [1.807, 2.05) is 229 Å². The minimum absolute atomic E-state index is 0. The summed E-state index contributed by atoms with van der Waals surface area (Å²) in [7, 11) is 23.1. The van der Waals surface area contributed by atoms with Crippen molar-refractivity contribution in [3.63, 3.8) is 0 Å². The van der Waals surface area contributed by atoms with Crippen LogP contribution in [0, 0.1) is 80.2 Å². The summed E-state index contributed by atoms with van der Waals surface area (Å²) in [4.78, 5) is 47.7. The smallest absolute Gasteiger partial charge is 0.508 e. The molecule has 150 heavy (non-hydrogen) atoms. The molecule has 6 aromatic carbocycles. The summed E-state index contributed by atoms with van der Waals surface area (Å²) >= 11 is 0. The van der Waals surface area contributed by atoms with Crippen LogP contribution in [0.15, 0.2) is 276 Å². The first-order valence-electron chi connectivity index (χ1n) is 44.6. The summed E-state index contributed by atoms with van der Waals surface area (Å²) in [6.45, 7) is 0. The van der Waals surface area contributed by atoms with Crippen molar-refractivity contribution in [2.24, 2.45) is 84.6 Å². The molecule has 0 radical (unpaired) electrons. The van der Waals surface area contributed by atoms with Crippen molar-refractivity contribution in [3.8, 4) is 130 Å². The zero-order valence-corrected chi connectivity index (χ0v) is 93.9. The third kappa shape index (κ3) is 18.4. The zero-order valence-electron chi connectivity index (χ0n) is 80.3. The molecule has 0 saturated heterocycles. The molecule has 0 spiro atoms. The SMILES string of the molecule is Cn1[c-]nc(-c2coc3cc4occ(-[n+]5[c-]ccn5C)c4[c-]c23)c1.Cn1[c-]nc(-c2coc3cc4occ(-c5nccn5C)c4[c-]c23)c1.Cn1[c-]nc(-c2coc3cc4occ(-c5nccn5C)c4[c-]c23)c1.Cn1c[c-]nc1-c1coc2cc3occ(-c4nccn4C)c3[c-]c12.Cn1c[c-]nc1-c1coc2cc3occ(-c4nccn4C)c3[c-]c12.Cn1cnc(-c2coc3cc4occ(-c5n[c-]cn5C)c4[c-]c23)c1.[Pt+2].[Pt+2].[Pt+2].[Pt+2].[Pt+2].[Pt]. The molecular formula is C108H72N24O12Pt6-2. The molecule has 36 nitrogen and oxygen atoms in total. The fourth-order valence-corrected chi connectivity index (χ4v) is 17.7. The topological polar surface area (TPSA) is 363 Å². The molecule has 758 valence electrons. The Kier molecular flexibility index (Phi) is 28.8. The van der Waals surface area contributed by atoms with Gasteiger partial charge >= 0.3 is 105 Å². The van der Waals surface area contributed by atoms with Crippen LogP contribution in [0.25, 0.3) is 262 Å². The van der Waals surface area contributed by atoms with Crippen LogP contribution in [-0.4, -0.2) is 110 Å². The Morgan fingerprint density at radius 2 is 0.487 bits per heavy atom. The molecule has 42 heteroatoms. The van der Waals surface area contributed by atoms with E-state index in [2.05, 4.69) is 135 Å². The molecule has 0 fully saturated rings. The van der Waals surface area contributed by atoms with E-state index in [4.69, 9.17) is 53.0 Å². The summed E-state index contributed by atoms with van der Waals surface area (Å²) in [5.41, 5.74) is 22.5. The van der Waals surface area contributed by atoms with Crippen LogP contribution >= 0.6 is 0 Å². The molecule has 24 heterocycles. The van der Waals surface area contributed by atoms with Crippen LogP contribution in [0.5, 0.6) is 0 Å². The number of aromatic nitrogens is 24. The van der Waals surface area contributed by atoms with E-state index in [0.717, 1.165) is 201 Å². The second kappa shape index (κ2) is 41.9. The Bertz CT molecular complexity index is 8970. The number of hydrogen-bond acceptors (Lipinski definition) is 23. The Morgan fingerprint density at radius 1 is 0.247 bits per heavy atom. The second-order valence-corrected chi connectivity index (χ2v) is 34.4. The Hall–Kier alpha value is -15.6. The molecule has 0 bridgehead atoms. The molecule has 0 atom stereocenters. The monoisotopic (exact) mass is 3070 g/mol. The van der Waals surface area contributed by atoms with E-state index in [1.54, 1.807) is 139 Å². The van der Waals surface area contributed by atoms with Crippen molar-refractivity contribution in [3.05, 3.63) is 303 Å². The van der Waals surface area contributed by atoms with Crippen LogP contribution in [0.1, 0.15) is 0 Å². The van der Waals surface area contributed by atoms with Gasteiger partial charge in [-0.3, -0.25) is 0 Å². The van der Waals surface area contributed by atoms with Gasteiger partial charge < -0.3 is 133 Å². The van der Waals surface area contributed by atoms with Crippen LogP contribution in [0.4, 0.5) is 0 Å². The molecule has 24 aromatic heterocycles. The molecule has 30 rings (SSSR count). The first-order valence-corrected chi connectivity index (χ1v) is 44.6. The molecule has 0 aliphatic carbocycles. The van der Waals surface area contributed by atoms with Crippen molar-refractivity contribution in [2.75, 3.05) is 0 Å². The van der Waals surface area contributed by atoms with Crippen molar-refractivity contribution < 1.29 is 184 Å². The zero-order chi connectivity index (χ0) is 97.6. The molecule has 0 aliphatic rings. The van der Waals surface area contributed by atoms with E-state index in [9.17, 15) is 0 Å². The number of nitrogens with zero attached hydrogens (tertiary/aromatic N) is 24. The van der Waals surface area contributed by atoms with Gasteiger partial charge in [-0.05, 0) is 118 Å². The fraction of sp³-hybridized carbons (Fsp3) is 0.111. The van der Waals surface area contributed by atoms with Gasteiger partial charge in [0.05, 0.1) is 117 Å². The van der Waals surface area contributed by atoms with Crippen LogP contribution < -0.4 is 4.68 Å². The molecule has 0 saturated carbocycles. The minimum atomic E-state index is 0. The van der Waals surface area contributed by atoms with Gasteiger partial charge in [0.2, 0.25) is 5.69 Å². The van der Waals surface area contributed by atoms with Crippen LogP contribution in [0.3, 0.4) is 0 Å². The van der Waals surface area contributed by atoms with E-state index >= 15 is 0 Å². The Balaban J connectivity index is 0.000000112. The Labute approximate surface area is 935 Å². The number of rotatable bonds is 12. The van der Waals surface area contributed by atoms with Crippen molar-refractivity contribution in [2.45, 2.75) is 0 Å². The molecule has 0 unspecified atom stereocenters. The standard InChI is InChI=1S/6C18H12N4O2.6Pt/c2*1-21-5-3-19-17(21)13-9-23-15-8-16-12(7-11(13)15)14(10-24-16)18-20-4-6-22(18)2;3*1-21-7-15(20-10-21)13-8-23-16-6-17-12(5-11(13)16)14(9-24-17)18-19-3-4-22(18)2;1-20-8-15(19-11-20)14-9-23-17-7-18-13(6-12(14)17)16(10-24-18)22-5-3-4-21(22)2;;;;;;/h2*3,5-6,8-10H,1-2H3;4,6-10H,1-2H3;2*3-4,6-9H,1-2H3;3-4,7-10H,1-2H3;;;;;;/q6*-2;;5*+2.